The van der Waals surface area contributed by atoms with Crippen LogP contribution < -0.4 is 0 Å². The van der Waals surface area contributed by atoms with Crippen LogP contribution in [0.3, 0.4) is 0 Å². The summed E-state index contributed by atoms with van der Waals surface area (Å²) in [4.78, 5) is 29.6. The van der Waals surface area contributed by atoms with Gasteiger partial charge in [0, 0.05) is 25.2 Å². The van der Waals surface area contributed by atoms with Gasteiger partial charge in [-0.05, 0) is 50.3 Å². The van der Waals surface area contributed by atoms with Gasteiger partial charge in [-0.2, -0.15) is 0 Å². The summed E-state index contributed by atoms with van der Waals surface area (Å²) in [5.41, 5.74) is 0.335. The minimum absolute atomic E-state index is 0.0467. The Morgan fingerprint density at radius 2 is 1.92 bits per heavy atom. The molecule has 1 aliphatic carbocycles. The highest BCUT2D eigenvalue weighted by molar-refractivity contribution is 6.42. The molecule has 0 bridgehead atoms. The summed E-state index contributed by atoms with van der Waals surface area (Å²) in [6, 6.07) is 4.46. The second-order valence-electron chi connectivity index (χ2n) is 7.43. The maximum Gasteiger partial charge on any atom is 0.254 e. The van der Waals surface area contributed by atoms with Gasteiger partial charge in [-0.15, -0.1) is 0 Å². The second-order valence-corrected chi connectivity index (χ2v) is 8.24. The SMILES string of the molecule is O=C(C1CCCN1C(=O)c1ccc(Cl)c(Cl)c1)N1CCOC2(CCC2)C1. The fourth-order valence-electron chi connectivity index (χ4n) is 4.18. The highest BCUT2D eigenvalue weighted by Crippen LogP contribution is 2.38. The van der Waals surface area contributed by atoms with Gasteiger partial charge in [-0.25, -0.2) is 0 Å². The molecule has 1 atom stereocenters. The number of nitrogens with zero attached hydrogens (tertiary/aromatic N) is 2. The Balaban J connectivity index is 1.49. The smallest absolute Gasteiger partial charge is 0.254 e. The molecule has 26 heavy (non-hydrogen) atoms. The van der Waals surface area contributed by atoms with E-state index in [1.54, 1.807) is 23.1 Å². The molecule has 4 rings (SSSR count). The normalized spacial score (nSPS) is 24.6. The molecule has 1 aromatic carbocycles. The number of amides is 2. The van der Waals surface area contributed by atoms with Gasteiger partial charge in [0.1, 0.15) is 6.04 Å². The first-order valence-electron chi connectivity index (χ1n) is 9.18. The number of carbonyl (C=O) groups excluding carboxylic acids is 2. The van der Waals surface area contributed by atoms with Gasteiger partial charge in [0.15, 0.2) is 0 Å². The molecule has 140 valence electrons. The molecule has 3 fully saturated rings. The Bertz CT molecular complexity index is 735. The Morgan fingerprint density at radius 3 is 2.62 bits per heavy atom. The summed E-state index contributed by atoms with van der Waals surface area (Å²) in [5.74, 6) is -0.114. The molecule has 7 heteroatoms. The minimum Gasteiger partial charge on any atom is -0.371 e. The first-order valence-corrected chi connectivity index (χ1v) is 9.93. The summed E-state index contributed by atoms with van der Waals surface area (Å²) in [6.45, 7) is 2.42. The van der Waals surface area contributed by atoms with E-state index in [9.17, 15) is 9.59 Å². The number of hydrogen-bond acceptors (Lipinski definition) is 3. The summed E-state index contributed by atoms with van der Waals surface area (Å²) < 4.78 is 5.91. The number of morpholine rings is 1. The van der Waals surface area contributed by atoms with Crippen molar-refractivity contribution in [3.63, 3.8) is 0 Å². The van der Waals surface area contributed by atoms with Crippen molar-refractivity contribution in [2.24, 2.45) is 0 Å². The monoisotopic (exact) mass is 396 g/mol. The average molecular weight is 397 g/mol. The quantitative estimate of drug-likeness (QED) is 0.769. The molecule has 0 radical (unpaired) electrons. The summed E-state index contributed by atoms with van der Waals surface area (Å²) in [6.07, 6.45) is 4.74. The maximum absolute atomic E-state index is 13.1. The zero-order valence-corrected chi connectivity index (χ0v) is 16.1. The number of carbonyl (C=O) groups is 2. The van der Waals surface area contributed by atoms with Crippen molar-refractivity contribution in [3.8, 4) is 0 Å². The molecule has 0 N–H and O–H groups in total. The van der Waals surface area contributed by atoms with Crippen LogP contribution in [0.4, 0.5) is 0 Å². The van der Waals surface area contributed by atoms with Crippen LogP contribution in [-0.4, -0.2) is 59.5 Å². The molecule has 5 nitrogen and oxygen atoms in total. The van der Waals surface area contributed by atoms with Crippen LogP contribution in [0.1, 0.15) is 42.5 Å². The first kappa shape index (κ1) is 18.1. The predicted octanol–water partition coefficient (Wildman–Crippen LogP) is 3.38. The lowest BCUT2D eigenvalue weighted by Gasteiger charge is -2.49. The molecule has 2 aliphatic heterocycles. The molecule has 3 aliphatic rings. The molecule has 1 unspecified atom stereocenters. The van der Waals surface area contributed by atoms with Crippen molar-refractivity contribution in [2.45, 2.75) is 43.7 Å². The van der Waals surface area contributed by atoms with E-state index in [2.05, 4.69) is 0 Å². The Morgan fingerprint density at radius 1 is 1.12 bits per heavy atom. The Labute approximate surface area is 163 Å². The standard InChI is InChI=1S/C19H22Cl2N2O3/c20-14-5-4-13(11-15(14)21)17(24)23-8-1-3-16(23)18(25)22-9-10-26-19(12-22)6-2-7-19/h4-5,11,16H,1-3,6-10,12H2. The van der Waals surface area contributed by atoms with E-state index in [0.717, 1.165) is 25.7 Å². The zero-order valence-electron chi connectivity index (χ0n) is 14.5. The summed E-state index contributed by atoms with van der Waals surface area (Å²) in [7, 11) is 0. The third-order valence-electron chi connectivity index (χ3n) is 5.79. The number of ether oxygens (including phenoxy) is 1. The highest BCUT2D eigenvalue weighted by atomic mass is 35.5. The van der Waals surface area contributed by atoms with Crippen molar-refractivity contribution in [1.29, 1.82) is 0 Å². The number of likely N-dealkylation sites (tertiary alicyclic amines) is 1. The number of benzene rings is 1. The minimum atomic E-state index is -0.396. The largest absolute Gasteiger partial charge is 0.371 e. The van der Waals surface area contributed by atoms with Crippen LogP contribution in [0.5, 0.6) is 0 Å². The van der Waals surface area contributed by atoms with E-state index < -0.39 is 6.04 Å². The van der Waals surface area contributed by atoms with E-state index in [1.165, 1.54) is 0 Å². The van der Waals surface area contributed by atoms with E-state index in [1.807, 2.05) is 4.90 Å². The zero-order chi connectivity index (χ0) is 18.3. The van der Waals surface area contributed by atoms with Crippen molar-refractivity contribution < 1.29 is 14.3 Å². The van der Waals surface area contributed by atoms with Gasteiger partial charge in [0.05, 0.1) is 22.3 Å². The Hall–Kier alpha value is -1.30. The fourth-order valence-corrected chi connectivity index (χ4v) is 4.48. The molecule has 2 heterocycles. The fraction of sp³-hybridized carbons (Fsp3) is 0.579. The average Bonchev–Trinajstić information content (AvgIpc) is 3.11. The highest BCUT2D eigenvalue weighted by Gasteiger charge is 2.45. The lowest BCUT2D eigenvalue weighted by atomic mass is 9.78. The molecule has 1 saturated carbocycles. The topological polar surface area (TPSA) is 49.9 Å². The third kappa shape index (κ3) is 3.21. The second kappa shape index (κ2) is 7.02. The van der Waals surface area contributed by atoms with E-state index >= 15 is 0 Å². The van der Waals surface area contributed by atoms with Gasteiger partial charge < -0.3 is 14.5 Å². The molecular formula is C19H22Cl2N2O3. The molecule has 2 amide bonds. The van der Waals surface area contributed by atoms with Crippen LogP contribution >= 0.6 is 23.2 Å². The molecule has 2 saturated heterocycles. The lowest BCUT2D eigenvalue weighted by molar-refractivity contribution is -0.170. The van der Waals surface area contributed by atoms with E-state index in [-0.39, 0.29) is 17.4 Å². The van der Waals surface area contributed by atoms with Crippen LogP contribution in [0.15, 0.2) is 18.2 Å². The lowest BCUT2D eigenvalue weighted by Crippen LogP contribution is -2.59. The summed E-state index contributed by atoms with van der Waals surface area (Å²) in [5, 5.41) is 0.760. The van der Waals surface area contributed by atoms with Crippen LogP contribution in [-0.2, 0) is 9.53 Å². The molecule has 1 spiro atoms. The Kier molecular flexibility index (Phi) is 4.88. The van der Waals surface area contributed by atoms with Crippen molar-refractivity contribution >= 4 is 35.0 Å². The molecule has 0 aromatic heterocycles. The van der Waals surface area contributed by atoms with Crippen LogP contribution in [0.2, 0.25) is 10.0 Å². The number of hydrogen-bond donors (Lipinski definition) is 0. The first-order chi connectivity index (χ1) is 12.5. The van der Waals surface area contributed by atoms with Crippen molar-refractivity contribution in [1.82, 2.24) is 9.80 Å². The van der Waals surface area contributed by atoms with Gasteiger partial charge in [0.2, 0.25) is 5.91 Å². The predicted molar refractivity (Wildman–Crippen MR) is 99.6 cm³/mol. The van der Waals surface area contributed by atoms with Crippen LogP contribution in [0.25, 0.3) is 0 Å². The van der Waals surface area contributed by atoms with Crippen molar-refractivity contribution in [2.75, 3.05) is 26.2 Å². The van der Waals surface area contributed by atoms with E-state index in [4.69, 9.17) is 27.9 Å². The number of rotatable bonds is 2. The van der Waals surface area contributed by atoms with Crippen LogP contribution in [0, 0.1) is 0 Å². The molecular weight excluding hydrogens is 375 g/mol. The summed E-state index contributed by atoms with van der Waals surface area (Å²) >= 11 is 12.0. The maximum atomic E-state index is 13.1. The van der Waals surface area contributed by atoms with Gasteiger partial charge >= 0.3 is 0 Å². The van der Waals surface area contributed by atoms with Gasteiger partial charge in [-0.3, -0.25) is 9.59 Å². The number of halogens is 2. The van der Waals surface area contributed by atoms with Gasteiger partial charge in [0.25, 0.3) is 5.91 Å². The van der Waals surface area contributed by atoms with Crippen molar-refractivity contribution in [3.05, 3.63) is 33.8 Å². The van der Waals surface area contributed by atoms with E-state index in [0.29, 0.717) is 48.3 Å². The third-order valence-corrected chi connectivity index (χ3v) is 6.53. The molecule has 1 aromatic rings. The van der Waals surface area contributed by atoms with Gasteiger partial charge in [-0.1, -0.05) is 23.2 Å².